The second kappa shape index (κ2) is 19.1. The zero-order valence-corrected chi connectivity index (χ0v) is 34.7. The number of methoxy groups -OCH3 is 1. The SMILES string of the molecule is CCNc1nc(OC)nc2c(F)c(-c3ccc(F)c4sc(N)c(C#N)c34)c(C(F)(F)F)cc12.C[N-]/C=C(\[S-])C(=O)N1CCCC1.FC1CC2CCCN2C1.[Y]. The molecule has 3 N–H and O–H groups in total. The minimum absolute atomic E-state index is 0. The molecule has 19 heteroatoms. The number of amides is 1. The molecule has 2 atom stereocenters. The van der Waals surface area contributed by atoms with Crippen molar-refractivity contribution in [3.05, 3.63) is 57.4 Å². The maximum absolute atomic E-state index is 15.9. The second-order valence-electron chi connectivity index (χ2n) is 12.7. The Labute approximate surface area is 349 Å². The molecule has 1 radical (unpaired) electrons. The number of hydrogen-bond donors (Lipinski definition) is 2. The van der Waals surface area contributed by atoms with Crippen molar-refractivity contribution in [3.8, 4) is 23.2 Å². The molecule has 1 amide bonds. The van der Waals surface area contributed by atoms with Gasteiger partial charge in [0, 0.05) is 81.3 Å². The summed E-state index contributed by atoms with van der Waals surface area (Å²) in [6.45, 7) is 5.52. The number of carbonyl (C=O) groups is 1. The fourth-order valence-corrected chi connectivity index (χ4v) is 8.05. The van der Waals surface area contributed by atoms with Crippen LogP contribution >= 0.6 is 11.3 Å². The first kappa shape index (κ1) is 44.2. The summed E-state index contributed by atoms with van der Waals surface area (Å²) in [5.41, 5.74) is 2.59. The summed E-state index contributed by atoms with van der Waals surface area (Å²) >= 11 is 5.57. The molecule has 3 fully saturated rings. The zero-order chi connectivity index (χ0) is 39.3. The Hall–Kier alpha value is -3.50. The summed E-state index contributed by atoms with van der Waals surface area (Å²) in [6.07, 6.45) is 1.45. The molecule has 0 bridgehead atoms. The number of thiophene rings is 1. The third-order valence-corrected chi connectivity index (χ3v) is 10.6. The van der Waals surface area contributed by atoms with Crippen LogP contribution in [0.5, 0.6) is 6.01 Å². The second-order valence-corrected chi connectivity index (χ2v) is 14.2. The van der Waals surface area contributed by atoms with Gasteiger partial charge in [0.25, 0.3) is 0 Å². The van der Waals surface area contributed by atoms with Crippen molar-refractivity contribution in [2.24, 2.45) is 0 Å². The fraction of sp³-hybridized carbons (Fsp3) is 0.444. The van der Waals surface area contributed by atoms with Gasteiger partial charge in [0.15, 0.2) is 5.82 Å². The molecule has 0 saturated carbocycles. The van der Waals surface area contributed by atoms with Gasteiger partial charge in [0.1, 0.15) is 34.4 Å². The average Bonchev–Trinajstić information content (AvgIpc) is 3.94. The maximum Gasteiger partial charge on any atom is 0.417 e. The third kappa shape index (κ3) is 9.73. The van der Waals surface area contributed by atoms with Crippen LogP contribution in [0.4, 0.5) is 37.2 Å². The smallest absolute Gasteiger partial charge is 0.417 e. The van der Waals surface area contributed by atoms with E-state index in [0.29, 0.717) is 28.8 Å². The standard InChI is InChI=1S/C21H14F5N5OS.C8H14N2OS.C7H12FN.Y/c1-3-29-19-9-6-11(21(24,25)26)14(15(23)16(9)30-20(31-19)32-2)8-4-5-12(22)17-13(8)10(7-27)18(28)33-17;1-9-6-7(12)8(11)10-4-2-3-5-10;8-6-4-7-2-1-3-9(7)5-6;/h4-6H,3,28H2,1-2H3,(H,29,30,31);6H,2-5H2,1H3,(H2,9,11,12);6-7H,1-5H2;/p-2. The number of alkyl halides is 4. The summed E-state index contributed by atoms with van der Waals surface area (Å²) in [6, 6.07) is 4.75. The molecular formula is C36H38F6N8O2S2Y-2. The van der Waals surface area contributed by atoms with Crippen LogP contribution in [0, 0.1) is 23.0 Å². The molecule has 7 rings (SSSR count). The Morgan fingerprint density at radius 2 is 1.93 bits per heavy atom. The molecule has 5 heterocycles. The number of nitriles is 1. The van der Waals surface area contributed by atoms with Gasteiger partial charge in [-0.25, -0.2) is 13.2 Å². The Bertz CT molecular complexity index is 2080. The van der Waals surface area contributed by atoms with Gasteiger partial charge in [-0.05, 0) is 63.3 Å². The molecule has 3 aliphatic heterocycles. The van der Waals surface area contributed by atoms with Crippen molar-refractivity contribution in [1.29, 1.82) is 5.26 Å². The quantitative estimate of drug-likeness (QED) is 0.113. The molecule has 2 aromatic heterocycles. The average molecular weight is 882 g/mol. The minimum atomic E-state index is -5.00. The van der Waals surface area contributed by atoms with Gasteiger partial charge >= 0.3 is 12.2 Å². The number of ether oxygens (including phenoxy) is 1. The molecule has 2 unspecified atom stereocenters. The maximum atomic E-state index is 15.9. The molecule has 2 aromatic carbocycles. The predicted molar refractivity (Wildman–Crippen MR) is 200 cm³/mol. The molecule has 3 saturated heterocycles. The Kier molecular flexibility index (Phi) is 15.4. The van der Waals surface area contributed by atoms with Crippen LogP contribution in [-0.2, 0) is 56.3 Å². The van der Waals surface area contributed by atoms with Crippen LogP contribution in [-0.4, -0.2) is 84.8 Å². The van der Waals surface area contributed by atoms with E-state index in [2.05, 4.69) is 25.5 Å². The number of aromatic nitrogens is 2. The van der Waals surface area contributed by atoms with Gasteiger partial charge in [0.05, 0.1) is 22.9 Å². The van der Waals surface area contributed by atoms with Crippen LogP contribution in [0.3, 0.4) is 0 Å². The van der Waals surface area contributed by atoms with E-state index in [9.17, 15) is 32.0 Å². The number of nitrogens with zero attached hydrogens (tertiary/aromatic N) is 6. The summed E-state index contributed by atoms with van der Waals surface area (Å²) < 4.78 is 90.2. The Morgan fingerprint density at radius 1 is 1.22 bits per heavy atom. The van der Waals surface area contributed by atoms with E-state index in [0.717, 1.165) is 57.1 Å². The Balaban J connectivity index is 0.000000247. The number of anilines is 2. The third-order valence-electron chi connectivity index (χ3n) is 9.25. The number of fused-ring (bicyclic) bond motifs is 3. The number of nitrogens with one attached hydrogen (secondary N) is 1. The first-order valence-corrected chi connectivity index (χ1v) is 18.4. The molecule has 0 spiro atoms. The largest absolute Gasteiger partial charge is 0.776 e. The number of halogens is 6. The van der Waals surface area contributed by atoms with Crippen LogP contribution in [0.15, 0.2) is 29.3 Å². The van der Waals surface area contributed by atoms with Gasteiger partial charge in [0.2, 0.25) is 5.91 Å². The number of rotatable bonds is 6. The first-order chi connectivity index (χ1) is 25.7. The molecule has 293 valence electrons. The molecular weight excluding hydrogens is 843 g/mol. The van der Waals surface area contributed by atoms with Crippen molar-refractivity contribution in [1.82, 2.24) is 19.8 Å². The summed E-state index contributed by atoms with van der Waals surface area (Å²) in [7, 11) is 2.85. The van der Waals surface area contributed by atoms with Crippen LogP contribution in [0.25, 0.3) is 37.4 Å². The van der Waals surface area contributed by atoms with Crippen molar-refractivity contribution in [2.75, 3.05) is 57.9 Å². The zero-order valence-electron chi connectivity index (χ0n) is 30.3. The van der Waals surface area contributed by atoms with Crippen molar-refractivity contribution in [3.63, 3.8) is 0 Å². The van der Waals surface area contributed by atoms with Crippen LogP contribution in [0.1, 0.15) is 50.2 Å². The van der Waals surface area contributed by atoms with Gasteiger partial charge in [-0.1, -0.05) is 6.07 Å². The molecule has 0 aliphatic carbocycles. The van der Waals surface area contributed by atoms with Gasteiger partial charge in [-0.3, -0.25) is 9.69 Å². The number of nitrogens with two attached hydrogens (primary N) is 1. The Morgan fingerprint density at radius 3 is 2.53 bits per heavy atom. The number of nitrogen functional groups attached to an aromatic ring is 1. The van der Waals surface area contributed by atoms with Crippen LogP contribution in [0.2, 0.25) is 0 Å². The van der Waals surface area contributed by atoms with Crippen molar-refractivity contribution >= 4 is 61.7 Å². The first-order valence-electron chi connectivity index (χ1n) is 17.2. The predicted octanol–water partition coefficient (Wildman–Crippen LogP) is 7.89. The summed E-state index contributed by atoms with van der Waals surface area (Å²) in [4.78, 5) is 23.7. The van der Waals surface area contributed by atoms with Crippen molar-refractivity contribution in [2.45, 2.75) is 57.4 Å². The van der Waals surface area contributed by atoms with Gasteiger partial charge in [-0.15, -0.1) is 23.3 Å². The summed E-state index contributed by atoms with van der Waals surface area (Å²) in [5, 5.41) is 15.5. The topological polar surface area (TPSA) is 134 Å². The number of hydrogen-bond acceptors (Lipinski definition) is 10. The molecule has 3 aliphatic rings. The fourth-order valence-electron chi connectivity index (χ4n) is 6.87. The van der Waals surface area contributed by atoms with E-state index < -0.39 is 40.6 Å². The summed E-state index contributed by atoms with van der Waals surface area (Å²) in [5.74, 6) is -2.20. The van der Waals surface area contributed by atoms with E-state index in [1.807, 2.05) is 0 Å². The number of benzene rings is 2. The number of carbonyl (C=O) groups excluding carboxylic acids is 1. The molecule has 10 nitrogen and oxygen atoms in total. The van der Waals surface area contributed by atoms with E-state index in [4.69, 9.17) is 23.1 Å². The monoisotopic (exact) mass is 881 g/mol. The molecule has 4 aromatic rings. The van der Waals surface area contributed by atoms with E-state index in [1.165, 1.54) is 26.2 Å². The normalized spacial score (nSPS) is 18.1. The van der Waals surface area contributed by atoms with E-state index >= 15 is 4.39 Å². The van der Waals surface area contributed by atoms with Crippen molar-refractivity contribution < 1.29 is 68.6 Å². The van der Waals surface area contributed by atoms with E-state index in [-0.39, 0.29) is 88.6 Å². The van der Waals surface area contributed by atoms with Crippen LogP contribution < -0.4 is 15.8 Å². The van der Waals surface area contributed by atoms with Gasteiger partial charge in [-0.2, -0.15) is 34.6 Å². The molecule has 55 heavy (non-hydrogen) atoms. The van der Waals surface area contributed by atoms with Gasteiger partial charge < -0.3 is 38.6 Å². The number of likely N-dealkylation sites (tertiary alicyclic amines) is 1. The minimum Gasteiger partial charge on any atom is -0.776 e. The van der Waals surface area contributed by atoms with E-state index in [1.54, 1.807) is 24.9 Å².